The second kappa shape index (κ2) is 11.2. The fraction of sp³-hybridized carbons (Fsp3) is 0.536. The second-order valence-electron chi connectivity index (χ2n) is 9.99. The Morgan fingerprint density at radius 3 is 2.03 bits per heavy atom. The minimum Gasteiger partial charge on any atom is -0.491 e. The Labute approximate surface area is 198 Å². The Balaban J connectivity index is 2.30. The molecule has 0 aliphatic carbocycles. The van der Waals surface area contributed by atoms with E-state index in [1.165, 1.54) is 11.1 Å². The SMILES string of the molecule is CCC(CC)(c1ccc(COCC(=O)O)c(C)c1)c1ccc(OCC(O)C(C)(C)C)c(C)c1. The zero-order chi connectivity index (χ0) is 24.8. The van der Waals surface area contributed by atoms with Crippen LogP contribution in [0.2, 0.25) is 0 Å². The smallest absolute Gasteiger partial charge is 0.329 e. The third-order valence-corrected chi connectivity index (χ3v) is 6.71. The van der Waals surface area contributed by atoms with E-state index in [2.05, 4.69) is 38.1 Å². The summed E-state index contributed by atoms with van der Waals surface area (Å²) in [6.45, 7) is 14.8. The van der Waals surface area contributed by atoms with Gasteiger partial charge in [0, 0.05) is 5.41 Å². The molecular weight excluding hydrogens is 416 g/mol. The molecule has 5 nitrogen and oxygen atoms in total. The van der Waals surface area contributed by atoms with Gasteiger partial charge in [0.15, 0.2) is 0 Å². The molecule has 0 fully saturated rings. The lowest BCUT2D eigenvalue weighted by atomic mass is 9.70. The van der Waals surface area contributed by atoms with E-state index < -0.39 is 12.1 Å². The number of aliphatic hydroxyl groups excluding tert-OH is 1. The van der Waals surface area contributed by atoms with E-state index >= 15 is 0 Å². The molecule has 0 aromatic heterocycles. The fourth-order valence-electron chi connectivity index (χ4n) is 4.16. The number of aliphatic carboxylic acids is 1. The summed E-state index contributed by atoms with van der Waals surface area (Å²) in [7, 11) is 0. The molecule has 5 heteroatoms. The van der Waals surface area contributed by atoms with Crippen LogP contribution in [0, 0.1) is 19.3 Å². The molecule has 0 radical (unpaired) electrons. The Morgan fingerprint density at radius 2 is 1.55 bits per heavy atom. The van der Waals surface area contributed by atoms with Crippen molar-refractivity contribution < 1.29 is 24.5 Å². The minimum absolute atomic E-state index is 0.139. The number of ether oxygens (including phenoxy) is 2. The quantitative estimate of drug-likeness (QED) is 0.447. The summed E-state index contributed by atoms with van der Waals surface area (Å²) in [5.41, 5.74) is 5.26. The van der Waals surface area contributed by atoms with Crippen LogP contribution in [0.5, 0.6) is 5.75 Å². The maximum absolute atomic E-state index is 10.7. The molecule has 0 saturated heterocycles. The average Bonchev–Trinajstić information content (AvgIpc) is 2.74. The van der Waals surface area contributed by atoms with Crippen molar-refractivity contribution in [2.24, 2.45) is 5.41 Å². The number of rotatable bonds is 11. The second-order valence-corrected chi connectivity index (χ2v) is 9.99. The van der Waals surface area contributed by atoms with Gasteiger partial charge < -0.3 is 19.7 Å². The molecule has 182 valence electrons. The van der Waals surface area contributed by atoms with Gasteiger partial charge in [-0.1, -0.05) is 65.0 Å². The lowest BCUT2D eigenvalue weighted by molar-refractivity contribution is -0.142. The van der Waals surface area contributed by atoms with E-state index in [-0.39, 0.29) is 30.7 Å². The molecule has 0 aliphatic heterocycles. The summed E-state index contributed by atoms with van der Waals surface area (Å²) >= 11 is 0. The molecule has 0 saturated carbocycles. The highest BCUT2D eigenvalue weighted by Crippen LogP contribution is 2.41. The molecule has 0 aliphatic rings. The Hall–Kier alpha value is -2.37. The molecular formula is C28H40O5. The van der Waals surface area contributed by atoms with Gasteiger partial charge in [-0.25, -0.2) is 4.79 Å². The largest absolute Gasteiger partial charge is 0.491 e. The summed E-state index contributed by atoms with van der Waals surface area (Å²) < 4.78 is 11.2. The van der Waals surface area contributed by atoms with Crippen molar-refractivity contribution in [2.75, 3.05) is 13.2 Å². The Bertz CT molecular complexity index is 938. The molecule has 0 amide bonds. The van der Waals surface area contributed by atoms with E-state index in [0.717, 1.165) is 35.3 Å². The van der Waals surface area contributed by atoms with E-state index in [4.69, 9.17) is 14.6 Å². The molecule has 2 N–H and O–H groups in total. The fourth-order valence-corrected chi connectivity index (χ4v) is 4.16. The summed E-state index contributed by atoms with van der Waals surface area (Å²) in [6, 6.07) is 12.7. The first-order chi connectivity index (χ1) is 15.4. The first kappa shape index (κ1) is 26.9. The molecule has 0 bridgehead atoms. The predicted molar refractivity (Wildman–Crippen MR) is 132 cm³/mol. The first-order valence-corrected chi connectivity index (χ1v) is 11.8. The van der Waals surface area contributed by atoms with Crippen LogP contribution in [0.25, 0.3) is 0 Å². The number of carbonyl (C=O) groups is 1. The molecule has 1 atom stereocenters. The van der Waals surface area contributed by atoms with Crippen LogP contribution in [-0.2, 0) is 21.6 Å². The van der Waals surface area contributed by atoms with Crippen LogP contribution >= 0.6 is 0 Å². The van der Waals surface area contributed by atoms with Crippen molar-refractivity contribution in [3.05, 3.63) is 64.2 Å². The van der Waals surface area contributed by atoms with E-state index in [1.807, 2.05) is 46.8 Å². The van der Waals surface area contributed by atoms with Gasteiger partial charge in [0.25, 0.3) is 0 Å². The number of aryl methyl sites for hydroxylation is 2. The van der Waals surface area contributed by atoms with Crippen LogP contribution in [-0.4, -0.2) is 35.5 Å². The van der Waals surface area contributed by atoms with Gasteiger partial charge >= 0.3 is 5.97 Å². The van der Waals surface area contributed by atoms with E-state index in [1.54, 1.807) is 0 Å². The van der Waals surface area contributed by atoms with Gasteiger partial charge in [0.1, 0.15) is 19.0 Å². The van der Waals surface area contributed by atoms with Crippen LogP contribution in [0.15, 0.2) is 36.4 Å². The first-order valence-electron chi connectivity index (χ1n) is 11.8. The van der Waals surface area contributed by atoms with Crippen molar-refractivity contribution in [1.82, 2.24) is 0 Å². The van der Waals surface area contributed by atoms with Gasteiger partial charge in [-0.2, -0.15) is 0 Å². The van der Waals surface area contributed by atoms with Gasteiger partial charge in [-0.3, -0.25) is 0 Å². The monoisotopic (exact) mass is 456 g/mol. The van der Waals surface area contributed by atoms with Crippen molar-refractivity contribution >= 4 is 5.97 Å². The molecule has 2 rings (SSSR count). The zero-order valence-electron chi connectivity index (χ0n) is 21.2. The zero-order valence-corrected chi connectivity index (χ0v) is 21.2. The highest BCUT2D eigenvalue weighted by Gasteiger charge is 2.31. The summed E-state index contributed by atoms with van der Waals surface area (Å²) in [4.78, 5) is 10.7. The van der Waals surface area contributed by atoms with Crippen LogP contribution in [0.3, 0.4) is 0 Å². The number of benzene rings is 2. The van der Waals surface area contributed by atoms with Gasteiger partial charge in [-0.05, 0) is 66.0 Å². The Kier molecular flexibility index (Phi) is 9.10. The molecule has 33 heavy (non-hydrogen) atoms. The number of aliphatic hydroxyl groups is 1. The van der Waals surface area contributed by atoms with Crippen LogP contribution in [0.4, 0.5) is 0 Å². The van der Waals surface area contributed by atoms with Gasteiger partial charge in [-0.15, -0.1) is 0 Å². The van der Waals surface area contributed by atoms with E-state index in [9.17, 15) is 9.90 Å². The molecule has 0 spiro atoms. The van der Waals surface area contributed by atoms with Crippen molar-refractivity contribution in [3.8, 4) is 5.75 Å². The average molecular weight is 457 g/mol. The maximum atomic E-state index is 10.7. The van der Waals surface area contributed by atoms with Crippen molar-refractivity contribution in [1.29, 1.82) is 0 Å². The topological polar surface area (TPSA) is 76.0 Å². The number of carboxylic acid groups (broad SMARTS) is 1. The normalized spacial score (nSPS) is 13.1. The van der Waals surface area contributed by atoms with E-state index in [0.29, 0.717) is 0 Å². The third kappa shape index (κ3) is 6.58. The Morgan fingerprint density at radius 1 is 0.970 bits per heavy atom. The van der Waals surface area contributed by atoms with Crippen molar-refractivity contribution in [3.63, 3.8) is 0 Å². The minimum atomic E-state index is -0.962. The molecule has 1 unspecified atom stereocenters. The number of hydrogen-bond donors (Lipinski definition) is 2. The van der Waals surface area contributed by atoms with Gasteiger partial charge in [0.2, 0.25) is 0 Å². The molecule has 2 aromatic rings. The maximum Gasteiger partial charge on any atom is 0.329 e. The number of carboxylic acids is 1. The third-order valence-electron chi connectivity index (χ3n) is 6.71. The standard InChI is InChI=1S/C28H40O5/c1-8-28(9-2,22-11-10-21(19(3)14-22)16-32-18-26(30)31)23-12-13-24(20(4)15-23)33-17-25(29)27(5,6)7/h10-15,25,29H,8-9,16-18H2,1-7H3,(H,30,31). The van der Waals surface area contributed by atoms with Crippen molar-refractivity contribution in [2.45, 2.75) is 79.4 Å². The lowest BCUT2D eigenvalue weighted by Crippen LogP contribution is -2.32. The molecule has 2 aromatic carbocycles. The van der Waals surface area contributed by atoms with Crippen LogP contribution < -0.4 is 4.74 Å². The molecule has 0 heterocycles. The summed E-state index contributed by atoms with van der Waals surface area (Å²) in [5, 5.41) is 19.1. The highest BCUT2D eigenvalue weighted by molar-refractivity contribution is 5.68. The predicted octanol–water partition coefficient (Wildman–Crippen LogP) is 5.80. The summed E-state index contributed by atoms with van der Waals surface area (Å²) in [6.07, 6.45) is 1.35. The van der Waals surface area contributed by atoms with Gasteiger partial charge in [0.05, 0.1) is 12.7 Å². The lowest BCUT2D eigenvalue weighted by Gasteiger charge is -2.34. The highest BCUT2D eigenvalue weighted by atomic mass is 16.5. The van der Waals surface area contributed by atoms with Crippen LogP contribution in [0.1, 0.15) is 75.3 Å². The number of hydrogen-bond acceptors (Lipinski definition) is 4. The summed E-state index contributed by atoms with van der Waals surface area (Å²) in [5.74, 6) is -0.166.